The Morgan fingerprint density at radius 2 is 1.46 bits per heavy atom. The zero-order valence-corrected chi connectivity index (χ0v) is 6.64. The quantitative estimate of drug-likeness (QED) is 0.589. The number of aromatic nitrogens is 1. The molecule has 0 atom stereocenters. The van der Waals surface area contributed by atoms with E-state index in [1.54, 1.807) is 0 Å². The van der Waals surface area contributed by atoms with Crippen LogP contribution in [-0.4, -0.2) is 15.1 Å². The average Bonchev–Trinajstić information content (AvgIpc) is 2.21. The molecule has 1 heterocycles. The summed E-state index contributed by atoms with van der Waals surface area (Å²) in [5.74, 6) is 0. The average molecular weight is 166 g/mol. The van der Waals surface area contributed by atoms with Gasteiger partial charge < -0.3 is 0 Å². The Labute approximate surface area is 81.7 Å². The van der Waals surface area contributed by atoms with Gasteiger partial charge in [0.1, 0.15) is 0 Å². The Kier molecular flexibility index (Phi) is 3.36. The van der Waals surface area contributed by atoms with Gasteiger partial charge in [-0.1, -0.05) is 36.4 Å². The first-order chi connectivity index (χ1) is 5.97. The van der Waals surface area contributed by atoms with Crippen molar-refractivity contribution < 1.29 is 0 Å². The van der Waals surface area contributed by atoms with Crippen LogP contribution in [0.25, 0.3) is 11.3 Å². The number of hydrogen-bond donors (Lipinski definition) is 0. The molecule has 2 rings (SSSR count). The summed E-state index contributed by atoms with van der Waals surface area (Å²) in [5.41, 5.74) is 2.19. The summed E-state index contributed by atoms with van der Waals surface area (Å²) in [7, 11) is 0. The summed E-state index contributed by atoms with van der Waals surface area (Å²) in [6.45, 7) is 0. The predicted octanol–water partition coefficient (Wildman–Crippen LogP) is 1.83. The molecule has 0 radical (unpaired) electrons. The van der Waals surface area contributed by atoms with Gasteiger partial charge in [0.15, 0.2) is 0 Å². The number of benzene rings is 1. The number of rotatable bonds is 1. The van der Waals surface area contributed by atoms with Crippen molar-refractivity contribution in [3.63, 3.8) is 0 Å². The van der Waals surface area contributed by atoms with Gasteiger partial charge in [-0.15, -0.1) is 0 Å². The maximum absolute atomic E-state index is 4.25. The summed E-state index contributed by atoms with van der Waals surface area (Å²) in [6.07, 6.45) is 1.81. The van der Waals surface area contributed by atoms with Gasteiger partial charge in [-0.25, -0.2) is 0 Å². The summed E-state index contributed by atoms with van der Waals surface area (Å²) in [6, 6.07) is 16.1. The molecule has 1 aromatic heterocycles. The van der Waals surface area contributed by atoms with Gasteiger partial charge in [0.05, 0.1) is 5.69 Å². The monoisotopic (exact) mass is 166 g/mol. The predicted molar refractivity (Wildman–Crippen MR) is 58.2 cm³/mol. The van der Waals surface area contributed by atoms with E-state index < -0.39 is 0 Å². The molecule has 0 amide bonds. The van der Waals surface area contributed by atoms with Gasteiger partial charge in [0.2, 0.25) is 0 Å². The van der Waals surface area contributed by atoms with Crippen LogP contribution in [0.15, 0.2) is 54.7 Å². The van der Waals surface area contributed by atoms with E-state index in [2.05, 4.69) is 17.1 Å². The molecule has 1 nitrogen and oxygen atoms in total. The molecule has 0 aliphatic carbocycles. The second-order valence-electron chi connectivity index (χ2n) is 2.58. The number of hydrogen-bond acceptors (Lipinski definition) is 1. The van der Waals surface area contributed by atoms with Crippen molar-refractivity contribution in [2.45, 2.75) is 0 Å². The number of pyridine rings is 1. The largest absolute Gasteiger partial charge is 0.256 e. The zero-order chi connectivity index (χ0) is 8.23. The van der Waals surface area contributed by atoms with E-state index in [4.69, 9.17) is 0 Å². The molecule has 0 bridgehead atoms. The molecule has 2 heteroatoms. The molecule has 0 unspecified atom stereocenters. The van der Waals surface area contributed by atoms with Crippen molar-refractivity contribution in [3.8, 4) is 11.3 Å². The molecular formula is C11H11BeN. The van der Waals surface area contributed by atoms with Crippen LogP contribution in [0.1, 0.15) is 0 Å². The molecule has 0 spiro atoms. The number of nitrogens with zero attached hydrogens (tertiary/aromatic N) is 1. The smallest absolute Gasteiger partial charge is 0.0701 e. The fraction of sp³-hybridized carbons (Fsp3) is 0. The normalized spacial score (nSPS) is 8.92. The molecule has 62 valence electrons. The standard InChI is InChI=1S/C11H9N.Be.2H/c1-2-6-10(7-3-1)11-8-4-5-9-12-11;;;/h1-9H;;;. The molecule has 0 aliphatic rings. The minimum Gasteiger partial charge on any atom is -0.256 e. The molecule has 0 saturated carbocycles. The Hall–Kier alpha value is -1.46. The van der Waals surface area contributed by atoms with Crippen molar-refractivity contribution in [1.82, 2.24) is 4.98 Å². The fourth-order valence-electron chi connectivity index (χ4n) is 1.14. The summed E-state index contributed by atoms with van der Waals surface area (Å²) in [4.78, 5) is 4.25. The minimum atomic E-state index is 0. The first-order valence-corrected chi connectivity index (χ1v) is 3.93. The van der Waals surface area contributed by atoms with Crippen molar-refractivity contribution in [3.05, 3.63) is 54.7 Å². The Balaban J connectivity index is 0.000000845. The molecule has 2 aromatic rings. The Morgan fingerprint density at radius 3 is 2.08 bits per heavy atom. The molecule has 0 fully saturated rings. The maximum atomic E-state index is 4.25. The first-order valence-electron chi connectivity index (χ1n) is 3.93. The van der Waals surface area contributed by atoms with Gasteiger partial charge in [-0.3, -0.25) is 4.98 Å². The SMILES string of the molecule is [BeH2].c1ccc(-c2ccccn2)cc1. The molecule has 0 saturated heterocycles. The van der Waals surface area contributed by atoms with Crippen molar-refractivity contribution in [2.75, 3.05) is 0 Å². The zero-order valence-electron chi connectivity index (χ0n) is 6.64. The van der Waals surface area contributed by atoms with Crippen LogP contribution in [-0.2, 0) is 0 Å². The van der Waals surface area contributed by atoms with Crippen molar-refractivity contribution >= 4 is 10.1 Å². The molecule has 0 N–H and O–H groups in total. The Morgan fingerprint density at radius 1 is 0.769 bits per heavy atom. The van der Waals surface area contributed by atoms with Crippen LogP contribution in [0.4, 0.5) is 0 Å². The van der Waals surface area contributed by atoms with Gasteiger partial charge in [0.25, 0.3) is 0 Å². The third-order valence-electron chi connectivity index (χ3n) is 1.73. The maximum Gasteiger partial charge on any atom is 0.0701 e. The van der Waals surface area contributed by atoms with Gasteiger partial charge in [-0.05, 0) is 12.1 Å². The summed E-state index contributed by atoms with van der Waals surface area (Å²) < 4.78 is 0. The van der Waals surface area contributed by atoms with E-state index in [0.717, 1.165) is 11.3 Å². The first kappa shape index (κ1) is 9.63. The van der Waals surface area contributed by atoms with Crippen LogP contribution >= 0.6 is 0 Å². The topological polar surface area (TPSA) is 12.9 Å². The van der Waals surface area contributed by atoms with Crippen LogP contribution in [0, 0.1) is 0 Å². The van der Waals surface area contributed by atoms with E-state index in [9.17, 15) is 0 Å². The summed E-state index contributed by atoms with van der Waals surface area (Å²) in [5, 5.41) is 0. The molecular weight excluding hydrogens is 155 g/mol. The van der Waals surface area contributed by atoms with Gasteiger partial charge in [0, 0.05) is 11.8 Å². The van der Waals surface area contributed by atoms with E-state index in [1.165, 1.54) is 0 Å². The third kappa shape index (κ3) is 2.24. The van der Waals surface area contributed by atoms with Gasteiger partial charge in [-0.2, -0.15) is 0 Å². The molecule has 13 heavy (non-hydrogen) atoms. The fourth-order valence-corrected chi connectivity index (χ4v) is 1.14. The Bertz CT molecular complexity index is 307. The van der Waals surface area contributed by atoms with Crippen LogP contribution in [0.5, 0.6) is 0 Å². The molecule has 1 aromatic carbocycles. The van der Waals surface area contributed by atoms with E-state index in [-0.39, 0.29) is 10.1 Å². The van der Waals surface area contributed by atoms with Crippen LogP contribution in [0.2, 0.25) is 0 Å². The third-order valence-corrected chi connectivity index (χ3v) is 1.73. The van der Waals surface area contributed by atoms with E-state index >= 15 is 0 Å². The van der Waals surface area contributed by atoms with Gasteiger partial charge >= 0.3 is 10.1 Å². The van der Waals surface area contributed by atoms with Crippen molar-refractivity contribution in [2.24, 2.45) is 0 Å². The van der Waals surface area contributed by atoms with Crippen LogP contribution in [0.3, 0.4) is 0 Å². The minimum absolute atomic E-state index is 0. The summed E-state index contributed by atoms with van der Waals surface area (Å²) >= 11 is 0. The molecule has 0 aliphatic heterocycles. The van der Waals surface area contributed by atoms with E-state index in [1.807, 2.05) is 42.6 Å². The van der Waals surface area contributed by atoms with Crippen molar-refractivity contribution in [1.29, 1.82) is 0 Å². The second-order valence-corrected chi connectivity index (χ2v) is 2.58. The van der Waals surface area contributed by atoms with Crippen LogP contribution < -0.4 is 0 Å². The van der Waals surface area contributed by atoms with E-state index in [0.29, 0.717) is 0 Å². The second kappa shape index (κ2) is 4.54.